The molecule has 0 spiro atoms. The van der Waals surface area contributed by atoms with E-state index < -0.39 is 0 Å². The molecule has 2 aromatic rings. The first kappa shape index (κ1) is 13.5. The zero-order chi connectivity index (χ0) is 13.8. The van der Waals surface area contributed by atoms with Gasteiger partial charge in [0.2, 0.25) is 0 Å². The van der Waals surface area contributed by atoms with E-state index in [9.17, 15) is 9.18 Å². The van der Waals surface area contributed by atoms with E-state index in [1.165, 1.54) is 17.7 Å². The minimum atomic E-state index is -0.387. The largest absolute Gasteiger partial charge is 0.289 e. The van der Waals surface area contributed by atoms with Gasteiger partial charge in [-0.1, -0.05) is 50.2 Å². The Hall–Kier alpha value is -1.96. The molecule has 0 saturated carbocycles. The highest BCUT2D eigenvalue weighted by atomic mass is 19.1. The van der Waals surface area contributed by atoms with Gasteiger partial charge in [-0.2, -0.15) is 0 Å². The van der Waals surface area contributed by atoms with Gasteiger partial charge in [-0.05, 0) is 30.0 Å². The maximum atomic E-state index is 13.1. The topological polar surface area (TPSA) is 17.1 Å². The Morgan fingerprint density at radius 3 is 2.37 bits per heavy atom. The first-order valence-electron chi connectivity index (χ1n) is 6.52. The van der Waals surface area contributed by atoms with Crippen molar-refractivity contribution < 1.29 is 9.18 Å². The number of benzene rings is 2. The molecule has 0 amide bonds. The van der Waals surface area contributed by atoms with Crippen molar-refractivity contribution in [3.63, 3.8) is 0 Å². The molecule has 2 aromatic carbocycles. The Kier molecular flexibility index (Phi) is 4.10. The van der Waals surface area contributed by atoms with Crippen molar-refractivity contribution in [2.24, 2.45) is 0 Å². The van der Waals surface area contributed by atoms with E-state index in [0.717, 1.165) is 6.42 Å². The second kappa shape index (κ2) is 5.79. The summed E-state index contributed by atoms with van der Waals surface area (Å²) in [6.07, 6.45) is 1.07. The van der Waals surface area contributed by atoms with Gasteiger partial charge in [-0.3, -0.25) is 4.79 Å². The summed E-state index contributed by atoms with van der Waals surface area (Å²) in [4.78, 5) is 12.2. The van der Waals surface area contributed by atoms with Gasteiger partial charge in [-0.15, -0.1) is 0 Å². The highest BCUT2D eigenvalue weighted by Gasteiger charge is 2.10. The lowest BCUT2D eigenvalue weighted by Crippen LogP contribution is -2.02. The van der Waals surface area contributed by atoms with Crippen LogP contribution in [0.1, 0.15) is 47.7 Å². The van der Waals surface area contributed by atoms with Gasteiger partial charge in [0.25, 0.3) is 0 Å². The summed E-state index contributed by atoms with van der Waals surface area (Å²) in [7, 11) is 0. The van der Waals surface area contributed by atoms with Crippen LogP contribution in [0, 0.1) is 5.82 Å². The van der Waals surface area contributed by atoms with Gasteiger partial charge < -0.3 is 0 Å². The predicted octanol–water partition coefficient (Wildman–Crippen LogP) is 4.57. The molecule has 1 nitrogen and oxygen atoms in total. The number of carbonyl (C=O) groups excluding carboxylic acids is 1. The molecule has 0 bridgehead atoms. The molecule has 98 valence electrons. The standard InChI is InChI=1S/C17H17FO/c1-3-12(2)13-7-9-14(10-8-13)17(19)15-5-4-6-16(18)11-15/h4-12H,3H2,1-2H3. The fraction of sp³-hybridized carbons (Fsp3) is 0.235. The normalized spacial score (nSPS) is 12.2. The minimum absolute atomic E-state index is 0.143. The van der Waals surface area contributed by atoms with Crippen LogP contribution >= 0.6 is 0 Å². The van der Waals surface area contributed by atoms with Gasteiger partial charge in [-0.25, -0.2) is 4.39 Å². The minimum Gasteiger partial charge on any atom is -0.289 e. The summed E-state index contributed by atoms with van der Waals surface area (Å²) in [5.74, 6) is -0.0457. The van der Waals surface area contributed by atoms with Gasteiger partial charge in [0.15, 0.2) is 5.78 Å². The molecule has 0 N–H and O–H groups in total. The molecule has 0 fully saturated rings. The lowest BCUT2D eigenvalue weighted by Gasteiger charge is -2.09. The van der Waals surface area contributed by atoms with E-state index in [-0.39, 0.29) is 11.6 Å². The molecule has 0 radical (unpaired) electrons. The maximum absolute atomic E-state index is 13.1. The van der Waals surface area contributed by atoms with Crippen LogP contribution in [0.5, 0.6) is 0 Å². The summed E-state index contributed by atoms with van der Waals surface area (Å²) >= 11 is 0. The van der Waals surface area contributed by atoms with Crippen LogP contribution in [0.25, 0.3) is 0 Å². The van der Waals surface area contributed by atoms with Crippen molar-refractivity contribution in [3.8, 4) is 0 Å². The third-order valence-electron chi connectivity index (χ3n) is 3.44. The molecular formula is C17H17FO. The van der Waals surface area contributed by atoms with E-state index in [2.05, 4.69) is 13.8 Å². The number of rotatable bonds is 4. The zero-order valence-corrected chi connectivity index (χ0v) is 11.2. The second-order valence-electron chi connectivity index (χ2n) is 4.77. The van der Waals surface area contributed by atoms with E-state index in [1.54, 1.807) is 12.1 Å². The Morgan fingerprint density at radius 1 is 1.11 bits per heavy atom. The van der Waals surface area contributed by atoms with Crippen LogP contribution in [0.15, 0.2) is 48.5 Å². The third kappa shape index (κ3) is 3.08. The fourth-order valence-corrected chi connectivity index (χ4v) is 2.00. The number of hydrogen-bond donors (Lipinski definition) is 0. The SMILES string of the molecule is CCC(C)c1ccc(C(=O)c2cccc(F)c2)cc1. The maximum Gasteiger partial charge on any atom is 0.193 e. The van der Waals surface area contributed by atoms with E-state index in [0.29, 0.717) is 17.0 Å². The molecule has 0 aliphatic rings. The highest BCUT2D eigenvalue weighted by molar-refractivity contribution is 6.08. The second-order valence-corrected chi connectivity index (χ2v) is 4.77. The summed E-state index contributed by atoms with van der Waals surface area (Å²) in [6.45, 7) is 4.29. The average molecular weight is 256 g/mol. The number of hydrogen-bond acceptors (Lipinski definition) is 1. The Balaban J connectivity index is 2.25. The predicted molar refractivity (Wildman–Crippen MR) is 75.0 cm³/mol. The molecule has 1 atom stereocenters. The van der Waals surface area contributed by atoms with Crippen LogP contribution in [-0.2, 0) is 0 Å². The van der Waals surface area contributed by atoms with Crippen LogP contribution in [0.4, 0.5) is 4.39 Å². The molecule has 0 saturated heterocycles. The molecule has 0 aliphatic carbocycles. The third-order valence-corrected chi connectivity index (χ3v) is 3.44. The van der Waals surface area contributed by atoms with Gasteiger partial charge >= 0.3 is 0 Å². The molecule has 19 heavy (non-hydrogen) atoms. The van der Waals surface area contributed by atoms with Crippen LogP contribution in [0.2, 0.25) is 0 Å². The van der Waals surface area contributed by atoms with Gasteiger partial charge in [0.1, 0.15) is 5.82 Å². The molecule has 2 rings (SSSR count). The van der Waals surface area contributed by atoms with E-state index >= 15 is 0 Å². The quantitative estimate of drug-likeness (QED) is 0.732. The van der Waals surface area contributed by atoms with Gasteiger partial charge in [0.05, 0.1) is 0 Å². The highest BCUT2D eigenvalue weighted by Crippen LogP contribution is 2.20. The van der Waals surface area contributed by atoms with Crippen molar-refractivity contribution in [1.82, 2.24) is 0 Å². The molecule has 2 heteroatoms. The van der Waals surface area contributed by atoms with Crippen molar-refractivity contribution >= 4 is 5.78 Å². The van der Waals surface area contributed by atoms with Crippen LogP contribution in [-0.4, -0.2) is 5.78 Å². The summed E-state index contributed by atoms with van der Waals surface area (Å²) in [5.41, 5.74) is 2.20. The van der Waals surface area contributed by atoms with Crippen molar-refractivity contribution in [2.75, 3.05) is 0 Å². The molecule has 0 aromatic heterocycles. The Bertz CT molecular complexity index is 572. The fourth-order valence-electron chi connectivity index (χ4n) is 2.00. The lowest BCUT2D eigenvalue weighted by molar-refractivity contribution is 0.103. The Labute approximate surface area is 113 Å². The first-order chi connectivity index (χ1) is 9.11. The zero-order valence-electron chi connectivity index (χ0n) is 11.2. The molecular weight excluding hydrogens is 239 g/mol. The van der Waals surface area contributed by atoms with Crippen molar-refractivity contribution in [1.29, 1.82) is 0 Å². The number of halogens is 1. The van der Waals surface area contributed by atoms with E-state index in [1.807, 2.05) is 24.3 Å². The summed E-state index contributed by atoms with van der Waals surface area (Å²) < 4.78 is 13.1. The summed E-state index contributed by atoms with van der Waals surface area (Å²) in [5, 5.41) is 0. The van der Waals surface area contributed by atoms with Gasteiger partial charge in [0, 0.05) is 11.1 Å². The number of ketones is 1. The Morgan fingerprint density at radius 2 is 1.79 bits per heavy atom. The number of carbonyl (C=O) groups is 1. The van der Waals surface area contributed by atoms with Crippen molar-refractivity contribution in [2.45, 2.75) is 26.2 Å². The smallest absolute Gasteiger partial charge is 0.193 e. The lowest BCUT2D eigenvalue weighted by atomic mass is 9.95. The molecule has 0 heterocycles. The van der Waals surface area contributed by atoms with Crippen LogP contribution in [0.3, 0.4) is 0 Å². The first-order valence-corrected chi connectivity index (χ1v) is 6.52. The van der Waals surface area contributed by atoms with Crippen LogP contribution < -0.4 is 0 Å². The van der Waals surface area contributed by atoms with Crippen molar-refractivity contribution in [3.05, 3.63) is 71.0 Å². The summed E-state index contributed by atoms with van der Waals surface area (Å²) in [6, 6.07) is 13.4. The molecule has 0 aliphatic heterocycles. The average Bonchev–Trinajstić information content (AvgIpc) is 2.46. The monoisotopic (exact) mass is 256 g/mol. The molecule has 1 unspecified atom stereocenters. The van der Waals surface area contributed by atoms with E-state index in [4.69, 9.17) is 0 Å².